The van der Waals surface area contributed by atoms with E-state index in [1.54, 1.807) is 11.3 Å². The maximum Gasteiger partial charge on any atom is 0.0929 e. The lowest BCUT2D eigenvalue weighted by Crippen LogP contribution is -1.94. The normalized spacial score (nSPS) is 11.3. The van der Waals surface area contributed by atoms with Crippen LogP contribution < -0.4 is 0 Å². The van der Waals surface area contributed by atoms with E-state index in [4.69, 9.17) is 4.98 Å². The zero-order valence-electron chi connectivity index (χ0n) is 14.5. The van der Waals surface area contributed by atoms with E-state index < -0.39 is 0 Å². The van der Waals surface area contributed by atoms with Gasteiger partial charge in [0.15, 0.2) is 0 Å². The van der Waals surface area contributed by atoms with Crippen LogP contribution in [0.1, 0.15) is 63.1 Å². The number of rotatable bonds is 8. The molecule has 120 valence electrons. The van der Waals surface area contributed by atoms with Gasteiger partial charge >= 0.3 is 0 Å². The third kappa shape index (κ3) is 4.67. The van der Waals surface area contributed by atoms with E-state index >= 15 is 0 Å². The van der Waals surface area contributed by atoms with E-state index in [2.05, 4.69) is 51.3 Å². The molecule has 0 unspecified atom stereocenters. The topological polar surface area (TPSA) is 12.9 Å². The molecule has 0 spiro atoms. The van der Waals surface area contributed by atoms with Gasteiger partial charge in [0.1, 0.15) is 0 Å². The molecule has 0 bridgehead atoms. The zero-order chi connectivity index (χ0) is 15.9. The Bertz CT molecular complexity index is 583. The molecule has 1 aromatic carbocycles. The molecule has 0 atom stereocenters. The Kier molecular flexibility index (Phi) is 6.63. The van der Waals surface area contributed by atoms with E-state index in [1.807, 2.05) is 0 Å². The second-order valence-corrected chi connectivity index (χ2v) is 7.41. The molecule has 22 heavy (non-hydrogen) atoms. The second-order valence-electron chi connectivity index (χ2n) is 6.46. The summed E-state index contributed by atoms with van der Waals surface area (Å²) in [5.74, 6) is 0.825. The molecule has 0 radical (unpaired) electrons. The number of hydrogen-bond acceptors (Lipinski definition) is 2. The van der Waals surface area contributed by atoms with Gasteiger partial charge in [-0.15, -0.1) is 11.3 Å². The van der Waals surface area contributed by atoms with Gasteiger partial charge < -0.3 is 0 Å². The summed E-state index contributed by atoms with van der Waals surface area (Å²) in [5, 5.41) is 3.44. The number of unbranched alkanes of at least 4 members (excludes halogenated alkanes) is 1. The Morgan fingerprint density at radius 3 is 2.55 bits per heavy atom. The molecule has 0 saturated carbocycles. The van der Waals surface area contributed by atoms with Gasteiger partial charge in [-0.25, -0.2) is 4.98 Å². The first-order chi connectivity index (χ1) is 10.6. The number of benzene rings is 1. The smallest absolute Gasteiger partial charge is 0.0929 e. The van der Waals surface area contributed by atoms with Crippen molar-refractivity contribution in [3.05, 3.63) is 39.7 Å². The van der Waals surface area contributed by atoms with Crippen molar-refractivity contribution in [3.63, 3.8) is 0 Å². The molecule has 2 aromatic rings. The molecule has 2 heteroatoms. The van der Waals surface area contributed by atoms with Crippen molar-refractivity contribution in [1.82, 2.24) is 4.98 Å². The van der Waals surface area contributed by atoms with Gasteiger partial charge in [0.2, 0.25) is 0 Å². The summed E-state index contributed by atoms with van der Waals surface area (Å²) >= 11 is 1.78. The van der Waals surface area contributed by atoms with E-state index in [-0.39, 0.29) is 0 Å². The largest absolute Gasteiger partial charge is 0.241 e. The number of aromatic nitrogens is 1. The van der Waals surface area contributed by atoms with Crippen molar-refractivity contribution in [2.45, 2.75) is 66.2 Å². The number of nitrogens with zero attached hydrogens (tertiary/aromatic N) is 1. The minimum atomic E-state index is 0.825. The van der Waals surface area contributed by atoms with Gasteiger partial charge in [0.25, 0.3) is 0 Å². The molecule has 1 heterocycles. The average Bonchev–Trinajstić information content (AvgIpc) is 3.00. The average molecular weight is 316 g/mol. The van der Waals surface area contributed by atoms with E-state index in [9.17, 15) is 0 Å². The summed E-state index contributed by atoms with van der Waals surface area (Å²) in [7, 11) is 0. The third-order valence-corrected chi connectivity index (χ3v) is 5.17. The predicted molar refractivity (Wildman–Crippen MR) is 98.7 cm³/mol. The standard InChI is InChI=1S/C20H29NS/c1-5-17-13-16(10-8-7-9-15(3)4)11-12-18(17)19-14-22-20(6-2)21-19/h11-15H,5-10H2,1-4H3. The summed E-state index contributed by atoms with van der Waals surface area (Å²) in [6, 6.07) is 6.98. The van der Waals surface area contributed by atoms with Gasteiger partial charge in [-0.05, 0) is 42.7 Å². The Morgan fingerprint density at radius 1 is 1.09 bits per heavy atom. The SMILES string of the molecule is CCc1nc(-c2ccc(CCCCC(C)C)cc2CC)cs1. The summed E-state index contributed by atoms with van der Waals surface area (Å²) in [4.78, 5) is 4.75. The first kappa shape index (κ1) is 17.2. The lowest BCUT2D eigenvalue weighted by atomic mass is 9.96. The summed E-state index contributed by atoms with van der Waals surface area (Å²) < 4.78 is 0. The maximum absolute atomic E-state index is 4.75. The van der Waals surface area contributed by atoms with Crippen molar-refractivity contribution >= 4 is 11.3 Å². The highest BCUT2D eigenvalue weighted by molar-refractivity contribution is 7.09. The Hall–Kier alpha value is -1.15. The van der Waals surface area contributed by atoms with Gasteiger partial charge in [0.05, 0.1) is 10.7 Å². The molecule has 0 aliphatic heterocycles. The van der Waals surface area contributed by atoms with Crippen LogP contribution in [0, 0.1) is 5.92 Å². The van der Waals surface area contributed by atoms with E-state index in [0.717, 1.165) is 24.5 Å². The van der Waals surface area contributed by atoms with Crippen LogP contribution in [0.5, 0.6) is 0 Å². The monoisotopic (exact) mass is 315 g/mol. The van der Waals surface area contributed by atoms with Gasteiger partial charge in [0, 0.05) is 10.9 Å². The molecule has 0 fully saturated rings. The minimum Gasteiger partial charge on any atom is -0.241 e. The fraction of sp³-hybridized carbons (Fsp3) is 0.550. The van der Waals surface area contributed by atoms with Gasteiger partial charge in [-0.1, -0.05) is 58.7 Å². The van der Waals surface area contributed by atoms with E-state index in [1.165, 1.54) is 47.4 Å². The molecule has 0 amide bonds. The first-order valence-electron chi connectivity index (χ1n) is 8.70. The van der Waals surface area contributed by atoms with Crippen molar-refractivity contribution in [2.24, 2.45) is 5.92 Å². The third-order valence-electron chi connectivity index (χ3n) is 4.18. The molecule has 0 aliphatic rings. The van der Waals surface area contributed by atoms with Crippen LogP contribution in [-0.2, 0) is 19.3 Å². The molecular formula is C20H29NS. The molecule has 0 N–H and O–H groups in total. The predicted octanol–water partition coefficient (Wildman–Crippen LogP) is 6.30. The van der Waals surface area contributed by atoms with Crippen LogP contribution in [0.15, 0.2) is 23.6 Å². The van der Waals surface area contributed by atoms with Crippen molar-refractivity contribution in [1.29, 1.82) is 0 Å². The molecule has 1 aromatic heterocycles. The molecule has 2 rings (SSSR count). The van der Waals surface area contributed by atoms with Gasteiger partial charge in [-0.3, -0.25) is 0 Å². The van der Waals surface area contributed by atoms with Crippen molar-refractivity contribution in [3.8, 4) is 11.3 Å². The summed E-state index contributed by atoms with van der Waals surface area (Å²) in [6.45, 7) is 9.03. The lowest BCUT2D eigenvalue weighted by Gasteiger charge is -2.10. The fourth-order valence-electron chi connectivity index (χ4n) is 2.82. The zero-order valence-corrected chi connectivity index (χ0v) is 15.3. The second kappa shape index (κ2) is 8.47. The first-order valence-corrected chi connectivity index (χ1v) is 9.58. The van der Waals surface area contributed by atoms with Crippen LogP contribution in [0.2, 0.25) is 0 Å². The Balaban J connectivity index is 2.07. The van der Waals surface area contributed by atoms with Crippen LogP contribution >= 0.6 is 11.3 Å². The quantitative estimate of drug-likeness (QED) is 0.521. The van der Waals surface area contributed by atoms with Gasteiger partial charge in [-0.2, -0.15) is 0 Å². The summed E-state index contributed by atoms with van der Waals surface area (Å²) in [6.07, 6.45) is 7.30. The van der Waals surface area contributed by atoms with Crippen molar-refractivity contribution < 1.29 is 0 Å². The van der Waals surface area contributed by atoms with E-state index in [0.29, 0.717) is 0 Å². The molecular weight excluding hydrogens is 286 g/mol. The Morgan fingerprint density at radius 2 is 1.91 bits per heavy atom. The maximum atomic E-state index is 4.75. The highest BCUT2D eigenvalue weighted by Gasteiger charge is 2.09. The number of thiazole rings is 1. The lowest BCUT2D eigenvalue weighted by molar-refractivity contribution is 0.538. The fourth-order valence-corrected chi connectivity index (χ4v) is 3.57. The highest BCUT2D eigenvalue weighted by Crippen LogP contribution is 2.27. The molecule has 0 saturated heterocycles. The van der Waals surface area contributed by atoms with Crippen LogP contribution in [0.25, 0.3) is 11.3 Å². The van der Waals surface area contributed by atoms with Crippen molar-refractivity contribution in [2.75, 3.05) is 0 Å². The minimum absolute atomic E-state index is 0.825. The molecule has 1 nitrogen and oxygen atoms in total. The van der Waals surface area contributed by atoms with Crippen LogP contribution in [0.3, 0.4) is 0 Å². The highest BCUT2D eigenvalue weighted by atomic mass is 32.1. The summed E-state index contributed by atoms with van der Waals surface area (Å²) in [5.41, 5.74) is 5.40. The van der Waals surface area contributed by atoms with Crippen LogP contribution in [-0.4, -0.2) is 4.98 Å². The molecule has 0 aliphatic carbocycles. The van der Waals surface area contributed by atoms with Crippen LogP contribution in [0.4, 0.5) is 0 Å². The number of aryl methyl sites for hydroxylation is 3. The Labute approximate surface area is 139 Å². The number of hydrogen-bond donors (Lipinski definition) is 0.